The highest BCUT2D eigenvalue weighted by Gasteiger charge is 2.46. The molecule has 0 bridgehead atoms. The van der Waals surface area contributed by atoms with Crippen molar-refractivity contribution in [1.82, 2.24) is 9.80 Å². The lowest BCUT2D eigenvalue weighted by Gasteiger charge is -2.31. The Morgan fingerprint density at radius 3 is 2.28 bits per heavy atom. The Labute approximate surface area is 214 Å². The Morgan fingerprint density at radius 2 is 1.64 bits per heavy atom. The number of hydrogen-bond acceptors (Lipinski definition) is 8. The van der Waals surface area contributed by atoms with Gasteiger partial charge >= 0.3 is 0 Å². The standard InChI is InChI=1S/C26H29ClN2O7/c1-33-19-6-5-17(14-18(19)27)24(30)22-23(16-4-7-20(34-2)21(15-16)35-3)29(26(32)25(22)31)9-8-28-10-12-36-13-11-28/h4-7,14-15,23,30H,8-13H2,1-3H3/t23-/m1/s1. The molecule has 1 atom stereocenters. The normalized spacial score (nSPS) is 20.0. The number of carbonyl (C=O) groups is 2. The average Bonchev–Trinajstić information content (AvgIpc) is 3.16. The molecule has 2 aliphatic heterocycles. The third-order valence-corrected chi connectivity index (χ3v) is 6.74. The van der Waals surface area contributed by atoms with Gasteiger partial charge < -0.3 is 29.0 Å². The summed E-state index contributed by atoms with van der Waals surface area (Å²) in [5.74, 6) is -0.373. The lowest BCUT2D eigenvalue weighted by atomic mass is 9.95. The summed E-state index contributed by atoms with van der Waals surface area (Å²) < 4.78 is 21.4. The van der Waals surface area contributed by atoms with E-state index in [4.69, 9.17) is 30.5 Å². The molecule has 0 aromatic heterocycles. The SMILES string of the molecule is COc1ccc(C(O)=C2C(=O)C(=O)N(CCN3CCOCC3)[C@@H]2c2ccc(OC)c(OC)c2)cc1Cl. The Balaban J connectivity index is 1.79. The molecule has 2 aromatic carbocycles. The van der Waals surface area contributed by atoms with Gasteiger partial charge in [0.2, 0.25) is 0 Å². The van der Waals surface area contributed by atoms with Crippen molar-refractivity contribution in [1.29, 1.82) is 0 Å². The molecule has 1 amide bonds. The molecular weight excluding hydrogens is 488 g/mol. The topological polar surface area (TPSA) is 97.8 Å². The van der Waals surface area contributed by atoms with Crippen LogP contribution in [0, 0.1) is 0 Å². The van der Waals surface area contributed by atoms with Crippen LogP contribution >= 0.6 is 11.6 Å². The van der Waals surface area contributed by atoms with Crippen LogP contribution in [0.15, 0.2) is 42.0 Å². The molecule has 2 fully saturated rings. The number of methoxy groups -OCH3 is 3. The number of carbonyl (C=O) groups excluding carboxylic acids is 2. The molecular formula is C26H29ClN2O7. The Morgan fingerprint density at radius 1 is 0.972 bits per heavy atom. The highest BCUT2D eigenvalue weighted by Crippen LogP contribution is 2.42. The molecule has 36 heavy (non-hydrogen) atoms. The number of ketones is 1. The maximum absolute atomic E-state index is 13.3. The minimum absolute atomic E-state index is 0.0181. The van der Waals surface area contributed by atoms with Gasteiger partial charge in [-0.15, -0.1) is 0 Å². The van der Waals surface area contributed by atoms with Gasteiger partial charge in [-0.3, -0.25) is 14.5 Å². The van der Waals surface area contributed by atoms with E-state index in [0.717, 1.165) is 13.1 Å². The first-order chi connectivity index (χ1) is 17.4. The van der Waals surface area contributed by atoms with Gasteiger partial charge in [0.1, 0.15) is 11.5 Å². The van der Waals surface area contributed by atoms with Gasteiger partial charge in [0.05, 0.1) is 51.2 Å². The molecule has 0 saturated carbocycles. The average molecular weight is 517 g/mol. The van der Waals surface area contributed by atoms with Crippen molar-refractivity contribution >= 4 is 29.1 Å². The van der Waals surface area contributed by atoms with Crippen molar-refractivity contribution in [2.75, 3.05) is 60.7 Å². The summed E-state index contributed by atoms with van der Waals surface area (Å²) in [7, 11) is 4.52. The summed E-state index contributed by atoms with van der Waals surface area (Å²) in [6, 6.07) is 9.04. The zero-order chi connectivity index (χ0) is 25.8. The second kappa shape index (κ2) is 11.2. The number of ether oxygens (including phenoxy) is 4. The minimum Gasteiger partial charge on any atom is -0.507 e. The molecule has 2 saturated heterocycles. The number of nitrogens with zero attached hydrogens (tertiary/aromatic N) is 2. The van der Waals surface area contributed by atoms with E-state index < -0.39 is 17.7 Å². The van der Waals surface area contributed by atoms with Crippen molar-refractivity contribution < 1.29 is 33.6 Å². The van der Waals surface area contributed by atoms with Gasteiger partial charge in [0, 0.05) is 31.7 Å². The zero-order valence-corrected chi connectivity index (χ0v) is 21.2. The summed E-state index contributed by atoms with van der Waals surface area (Å²) >= 11 is 6.27. The van der Waals surface area contributed by atoms with E-state index in [1.54, 1.807) is 30.3 Å². The molecule has 2 heterocycles. The van der Waals surface area contributed by atoms with Gasteiger partial charge in [-0.2, -0.15) is 0 Å². The van der Waals surface area contributed by atoms with Crippen LogP contribution in [0.3, 0.4) is 0 Å². The number of morpholine rings is 1. The van der Waals surface area contributed by atoms with E-state index >= 15 is 0 Å². The lowest BCUT2D eigenvalue weighted by Crippen LogP contribution is -2.42. The van der Waals surface area contributed by atoms with Gasteiger partial charge in [0.15, 0.2) is 11.5 Å². The molecule has 0 unspecified atom stereocenters. The molecule has 192 valence electrons. The quantitative estimate of drug-likeness (QED) is 0.325. The van der Waals surface area contributed by atoms with Gasteiger partial charge in [-0.1, -0.05) is 17.7 Å². The van der Waals surface area contributed by atoms with Crippen molar-refractivity contribution in [3.63, 3.8) is 0 Å². The largest absolute Gasteiger partial charge is 0.507 e. The summed E-state index contributed by atoms with van der Waals surface area (Å²) in [4.78, 5) is 30.2. The number of likely N-dealkylation sites (tertiary alicyclic amines) is 1. The second-order valence-electron chi connectivity index (χ2n) is 8.41. The molecule has 0 radical (unpaired) electrons. The van der Waals surface area contributed by atoms with E-state index in [-0.39, 0.29) is 16.4 Å². The van der Waals surface area contributed by atoms with E-state index in [9.17, 15) is 14.7 Å². The fourth-order valence-electron chi connectivity index (χ4n) is 4.52. The Bertz CT molecular complexity index is 1180. The number of amides is 1. The first kappa shape index (κ1) is 25.8. The molecule has 4 rings (SSSR count). The Hall–Kier alpha value is -3.27. The zero-order valence-electron chi connectivity index (χ0n) is 20.5. The van der Waals surface area contributed by atoms with Crippen LogP contribution in [0.1, 0.15) is 17.2 Å². The predicted octanol–water partition coefficient (Wildman–Crippen LogP) is 3.12. The molecule has 1 N–H and O–H groups in total. The van der Waals surface area contributed by atoms with Crippen LogP contribution in [0.5, 0.6) is 17.2 Å². The van der Waals surface area contributed by atoms with Crippen LogP contribution in [0.2, 0.25) is 5.02 Å². The second-order valence-corrected chi connectivity index (χ2v) is 8.82. The predicted molar refractivity (Wildman–Crippen MR) is 134 cm³/mol. The van der Waals surface area contributed by atoms with Gasteiger partial charge in [0.25, 0.3) is 11.7 Å². The van der Waals surface area contributed by atoms with Crippen molar-refractivity contribution in [2.45, 2.75) is 6.04 Å². The van der Waals surface area contributed by atoms with Gasteiger partial charge in [-0.05, 0) is 35.9 Å². The maximum atomic E-state index is 13.3. The number of aliphatic hydroxyl groups is 1. The third-order valence-electron chi connectivity index (χ3n) is 6.45. The first-order valence-corrected chi connectivity index (χ1v) is 11.9. The van der Waals surface area contributed by atoms with Crippen molar-refractivity contribution in [2.24, 2.45) is 0 Å². The maximum Gasteiger partial charge on any atom is 0.295 e. The summed E-state index contributed by atoms with van der Waals surface area (Å²) in [6.45, 7) is 3.59. The van der Waals surface area contributed by atoms with E-state index in [1.807, 2.05) is 0 Å². The fraction of sp³-hybridized carbons (Fsp3) is 0.385. The fourth-order valence-corrected chi connectivity index (χ4v) is 4.78. The van der Waals surface area contributed by atoms with E-state index in [1.165, 1.54) is 32.3 Å². The summed E-state index contributed by atoms with van der Waals surface area (Å²) in [6.07, 6.45) is 0. The molecule has 0 spiro atoms. The van der Waals surface area contributed by atoms with Crippen LogP contribution in [0.25, 0.3) is 5.76 Å². The van der Waals surface area contributed by atoms with E-state index in [0.29, 0.717) is 54.7 Å². The molecule has 10 heteroatoms. The number of rotatable bonds is 8. The molecule has 2 aromatic rings. The Kier molecular flexibility index (Phi) is 8.03. The summed E-state index contributed by atoms with van der Waals surface area (Å²) in [5, 5.41) is 11.6. The molecule has 0 aliphatic carbocycles. The van der Waals surface area contributed by atoms with Crippen LogP contribution in [-0.2, 0) is 14.3 Å². The van der Waals surface area contributed by atoms with Crippen molar-refractivity contribution in [3.8, 4) is 17.2 Å². The molecule has 2 aliphatic rings. The number of Topliss-reactive ketones (excluding diaryl/α,β-unsaturated/α-hetero) is 1. The number of hydrogen-bond donors (Lipinski definition) is 1. The smallest absolute Gasteiger partial charge is 0.295 e. The van der Waals surface area contributed by atoms with Crippen LogP contribution < -0.4 is 14.2 Å². The molecule has 9 nitrogen and oxygen atoms in total. The third kappa shape index (κ3) is 5.00. The highest BCUT2D eigenvalue weighted by molar-refractivity contribution is 6.46. The number of benzene rings is 2. The van der Waals surface area contributed by atoms with Crippen molar-refractivity contribution in [3.05, 3.63) is 58.1 Å². The summed E-state index contributed by atoms with van der Waals surface area (Å²) in [5.41, 5.74) is 0.892. The minimum atomic E-state index is -0.827. The number of halogens is 1. The van der Waals surface area contributed by atoms with Gasteiger partial charge in [-0.25, -0.2) is 0 Å². The highest BCUT2D eigenvalue weighted by atomic mass is 35.5. The van der Waals surface area contributed by atoms with E-state index in [2.05, 4.69) is 4.90 Å². The van der Waals surface area contributed by atoms with Crippen LogP contribution in [0.4, 0.5) is 0 Å². The first-order valence-electron chi connectivity index (χ1n) is 11.5. The monoisotopic (exact) mass is 516 g/mol. The lowest BCUT2D eigenvalue weighted by molar-refractivity contribution is -0.140. The number of aliphatic hydroxyl groups excluding tert-OH is 1. The van der Waals surface area contributed by atoms with Crippen LogP contribution in [-0.4, -0.2) is 87.3 Å².